The highest BCUT2D eigenvalue weighted by molar-refractivity contribution is 9.10. The molecule has 0 saturated carbocycles. The number of thiophene rings is 2. The molecule has 0 fully saturated rings. The summed E-state index contributed by atoms with van der Waals surface area (Å²) in [7, 11) is 0. The average Bonchev–Trinajstić information content (AvgIpc) is 1.57. The van der Waals surface area contributed by atoms with Gasteiger partial charge in [0.15, 0.2) is 0 Å². The topological polar surface area (TPSA) is 41.6 Å². The fourth-order valence-corrected chi connectivity index (χ4v) is 23.6. The predicted octanol–water partition coefficient (Wildman–Crippen LogP) is 39.4. The molecule has 640 valence electrons. The zero-order valence-corrected chi connectivity index (χ0v) is 76.2. The number of para-hydroxylation sites is 2. The summed E-state index contributed by atoms with van der Waals surface area (Å²) < 4.78 is 19.2. The van der Waals surface area contributed by atoms with Crippen LogP contribution < -0.4 is 10.2 Å². The van der Waals surface area contributed by atoms with Gasteiger partial charge >= 0.3 is 0 Å². The van der Waals surface area contributed by atoms with E-state index in [9.17, 15) is 0 Å². The summed E-state index contributed by atoms with van der Waals surface area (Å²) in [6, 6.07) is 171. The lowest BCUT2D eigenvalue weighted by atomic mass is 9.94. The van der Waals surface area contributed by atoms with E-state index >= 15 is 0 Å². The Morgan fingerprint density at radius 3 is 0.882 bits per heavy atom. The molecule has 0 amide bonds. The maximum Gasteiger partial charge on any atom is 0.143 e. The molecule has 136 heavy (non-hydrogen) atoms. The molecule has 4 nitrogen and oxygen atoms in total. The standard InChI is InChI=1S/C64H39NOS.C38H25NO.C26H15BrS.CH4/c1-4-16-49-40(12-1)15-11-22-50(49)42-24-31-46(32-25-42)65(47-33-26-43(27-34-47)56-39-58-54-20-9-10-23-59(54)66-63(58)55-21-8-7-19-53(55)56)48-35-28-44(29-36-48)57-38-45-14-3-6-18-52(45)62-61-51-17-5-2-13-41(51)30-37-60(61)67-64(57)62;1-2-10-30-25(8-1)9-7-14-31(30)26-16-20-28(21-17-26)39-29-22-18-27(19-23-29)35-24-36-33-12-5-6-15-37(33)40-38(36)34-13-4-3-11-32(34)35;27-19-12-9-17(10-13-19)22-15-18-6-2-4-8-21(18)25-24-20-7-3-1-5-16(20)11-14-23(24)28-26(22)25;/h1-39H;1-24,39H;1-15H;1H4. The van der Waals surface area contributed by atoms with Crippen molar-refractivity contribution in [1.29, 1.82) is 0 Å². The van der Waals surface area contributed by atoms with E-state index in [4.69, 9.17) is 8.83 Å². The Kier molecular flexibility index (Phi) is 20.3. The van der Waals surface area contributed by atoms with E-state index in [1.165, 1.54) is 177 Å². The maximum atomic E-state index is 6.46. The van der Waals surface area contributed by atoms with Crippen molar-refractivity contribution in [2.75, 3.05) is 10.2 Å². The van der Waals surface area contributed by atoms with Crippen molar-refractivity contribution in [2.45, 2.75) is 7.43 Å². The van der Waals surface area contributed by atoms with E-state index in [0.717, 1.165) is 93.1 Å². The Balaban J connectivity index is 0.000000120. The van der Waals surface area contributed by atoms with Crippen LogP contribution in [0.4, 0.5) is 28.4 Å². The summed E-state index contributed by atoms with van der Waals surface area (Å²) >= 11 is 7.37. The first-order valence-corrected chi connectivity index (χ1v) is 48.2. The molecule has 0 aliphatic carbocycles. The molecule has 1 N–H and O–H groups in total. The van der Waals surface area contributed by atoms with Gasteiger partial charge < -0.3 is 19.1 Å². The van der Waals surface area contributed by atoms with Gasteiger partial charge in [0.1, 0.15) is 22.3 Å². The molecule has 0 unspecified atom stereocenters. The first-order valence-electron chi connectivity index (χ1n) is 45.8. The Bertz CT molecular complexity index is 9580. The van der Waals surface area contributed by atoms with Crippen molar-refractivity contribution in [3.8, 4) is 66.8 Å². The molecule has 0 atom stereocenters. The monoisotopic (exact) mass is 1830 g/mol. The van der Waals surface area contributed by atoms with Crippen LogP contribution in [-0.4, -0.2) is 0 Å². The van der Waals surface area contributed by atoms with Crippen molar-refractivity contribution in [1.82, 2.24) is 0 Å². The summed E-state index contributed by atoms with van der Waals surface area (Å²) in [5.74, 6) is 0. The summed E-state index contributed by atoms with van der Waals surface area (Å²) in [6.07, 6.45) is 0. The smallest absolute Gasteiger partial charge is 0.143 e. The van der Waals surface area contributed by atoms with Crippen LogP contribution in [-0.2, 0) is 0 Å². The molecule has 28 rings (SSSR count). The molecule has 0 saturated heterocycles. The average molecular weight is 1840 g/mol. The van der Waals surface area contributed by atoms with Gasteiger partial charge in [0.25, 0.3) is 0 Å². The van der Waals surface area contributed by atoms with E-state index in [0.29, 0.717) is 0 Å². The van der Waals surface area contributed by atoms with Crippen molar-refractivity contribution < 1.29 is 8.83 Å². The fraction of sp³-hybridized carbons (Fsp3) is 0.00775. The van der Waals surface area contributed by atoms with E-state index in [-0.39, 0.29) is 7.43 Å². The third-order valence-corrected chi connectivity index (χ3v) is 30.1. The van der Waals surface area contributed by atoms with Gasteiger partial charge in [-0.25, -0.2) is 0 Å². The number of nitrogens with zero attached hydrogens (tertiary/aromatic N) is 1. The highest BCUT2D eigenvalue weighted by Crippen LogP contribution is 2.52. The van der Waals surface area contributed by atoms with E-state index in [1.807, 2.05) is 40.9 Å². The van der Waals surface area contributed by atoms with Gasteiger partial charge in [-0.15, -0.1) is 22.7 Å². The van der Waals surface area contributed by atoms with Gasteiger partial charge in [-0.1, -0.05) is 375 Å². The minimum Gasteiger partial charge on any atom is -0.455 e. The second-order valence-electron chi connectivity index (χ2n) is 34.9. The summed E-state index contributed by atoms with van der Waals surface area (Å²) in [5, 5.41) is 33.6. The Labute approximate surface area is 801 Å². The first kappa shape index (κ1) is 81.5. The van der Waals surface area contributed by atoms with E-state index in [1.54, 1.807) is 0 Å². The lowest BCUT2D eigenvalue weighted by Crippen LogP contribution is -2.09. The SMILES string of the molecule is Brc1ccc(-c2cc3ccccc3c3c2sc2ccc4ccccc4c23)cc1.C.c1ccc2c(-c3ccc(N(c4ccc(-c5cc6c7ccccc7oc6c6ccccc56)cc4)c4ccc(-c5cc6ccccc6c6c5sc5ccc7ccccc7c56)cc4)cc3)cccc2c1.c1ccc2c(-c3ccc(Nc4ccc(-c5cc6c7ccccc7oc6c6ccccc56)cc4)cc3)cccc2c1. The quantitative estimate of drug-likeness (QED) is 0.140. The van der Waals surface area contributed by atoms with Crippen LogP contribution in [0.25, 0.3) is 237 Å². The predicted molar refractivity (Wildman–Crippen MR) is 591 cm³/mol. The molecule has 7 heteroatoms. The lowest BCUT2D eigenvalue weighted by molar-refractivity contribution is 0.672. The molecular formula is C129H83BrN2O2S2. The summed E-state index contributed by atoms with van der Waals surface area (Å²) in [4.78, 5) is 2.38. The van der Waals surface area contributed by atoms with Crippen LogP contribution in [0.2, 0.25) is 0 Å². The van der Waals surface area contributed by atoms with Gasteiger partial charge in [0.05, 0.1) is 0 Å². The van der Waals surface area contributed by atoms with Crippen molar-refractivity contribution in [3.05, 3.63) is 478 Å². The highest BCUT2D eigenvalue weighted by atomic mass is 79.9. The largest absolute Gasteiger partial charge is 0.455 e. The Morgan fingerprint density at radius 2 is 0.493 bits per heavy atom. The molecule has 0 bridgehead atoms. The second-order valence-corrected chi connectivity index (χ2v) is 37.9. The minimum atomic E-state index is 0. The number of anilines is 5. The van der Waals surface area contributed by atoms with Gasteiger partial charge in [0.2, 0.25) is 0 Å². The van der Waals surface area contributed by atoms with Crippen molar-refractivity contribution in [3.63, 3.8) is 0 Å². The van der Waals surface area contributed by atoms with Crippen LogP contribution in [0, 0.1) is 0 Å². The fourth-order valence-electron chi connectivity index (χ4n) is 20.8. The lowest BCUT2D eigenvalue weighted by Gasteiger charge is -2.26. The highest BCUT2D eigenvalue weighted by Gasteiger charge is 2.24. The third kappa shape index (κ3) is 14.2. The zero-order valence-electron chi connectivity index (χ0n) is 73.0. The molecule has 4 aromatic heterocycles. The molecule has 4 heterocycles. The number of hydrogen-bond donors (Lipinski definition) is 1. The van der Waals surface area contributed by atoms with Gasteiger partial charge in [0, 0.05) is 117 Å². The molecule has 0 spiro atoms. The van der Waals surface area contributed by atoms with Gasteiger partial charge in [-0.2, -0.15) is 0 Å². The zero-order chi connectivity index (χ0) is 89.1. The molecule has 0 aliphatic rings. The van der Waals surface area contributed by atoms with Crippen LogP contribution in [0.1, 0.15) is 7.43 Å². The van der Waals surface area contributed by atoms with Gasteiger partial charge in [-0.05, 0) is 252 Å². The number of furan rings is 2. The minimum absolute atomic E-state index is 0. The van der Waals surface area contributed by atoms with Crippen LogP contribution in [0.5, 0.6) is 0 Å². The number of halogens is 1. The Morgan fingerprint density at radius 1 is 0.206 bits per heavy atom. The normalized spacial score (nSPS) is 11.7. The number of rotatable bonds is 11. The first-order chi connectivity index (χ1) is 66.8. The molecule has 24 aromatic carbocycles. The van der Waals surface area contributed by atoms with Crippen LogP contribution >= 0.6 is 38.6 Å². The van der Waals surface area contributed by atoms with Gasteiger partial charge in [-0.3, -0.25) is 0 Å². The van der Waals surface area contributed by atoms with Crippen molar-refractivity contribution in [2.24, 2.45) is 0 Å². The number of nitrogens with one attached hydrogen (secondary N) is 1. The van der Waals surface area contributed by atoms with E-state index in [2.05, 4.69) is 481 Å². The molecule has 0 radical (unpaired) electrons. The van der Waals surface area contributed by atoms with Crippen LogP contribution in [0.15, 0.2) is 486 Å². The number of benzene rings is 24. The van der Waals surface area contributed by atoms with Crippen LogP contribution in [0.3, 0.4) is 0 Å². The maximum absolute atomic E-state index is 6.46. The van der Waals surface area contributed by atoms with E-state index < -0.39 is 0 Å². The summed E-state index contributed by atoms with van der Waals surface area (Å²) in [6.45, 7) is 0. The third-order valence-electron chi connectivity index (χ3n) is 27.2. The number of hydrogen-bond acceptors (Lipinski definition) is 6. The second kappa shape index (κ2) is 33.9. The summed E-state index contributed by atoms with van der Waals surface area (Å²) in [5.41, 5.74) is 23.7. The van der Waals surface area contributed by atoms with Crippen molar-refractivity contribution >= 4 is 237 Å². The number of fused-ring (bicyclic) bond motifs is 26. The molecule has 28 aromatic rings. The Hall–Kier alpha value is -16.5. The molecule has 0 aliphatic heterocycles. The molecular weight excluding hydrogens is 1750 g/mol.